The van der Waals surface area contributed by atoms with Gasteiger partial charge in [0.1, 0.15) is 11.6 Å². The molecule has 2 aromatic carbocycles. The first-order valence-corrected chi connectivity index (χ1v) is 8.79. The van der Waals surface area contributed by atoms with E-state index in [0.29, 0.717) is 12.2 Å². The predicted octanol–water partition coefficient (Wildman–Crippen LogP) is 3.35. The molecule has 0 atom stereocenters. The van der Waals surface area contributed by atoms with Crippen LogP contribution in [0.5, 0.6) is 5.75 Å². The van der Waals surface area contributed by atoms with Crippen LogP contribution in [0.4, 0.5) is 10.1 Å². The fraction of sp³-hybridized carbons (Fsp3) is 0.350. The number of aliphatic imine (C=N–C) groups is 1. The van der Waals surface area contributed by atoms with Crippen molar-refractivity contribution in [2.45, 2.75) is 6.54 Å². The van der Waals surface area contributed by atoms with Gasteiger partial charge in [-0.15, -0.1) is 24.0 Å². The first-order valence-electron chi connectivity index (χ1n) is 8.79. The molecule has 1 heterocycles. The molecule has 2 aromatic rings. The number of hydrogen-bond donors (Lipinski definition) is 1. The third-order valence-corrected chi connectivity index (χ3v) is 4.59. The molecular weight excluding hydrogens is 458 g/mol. The highest BCUT2D eigenvalue weighted by Crippen LogP contribution is 2.20. The molecule has 0 aromatic heterocycles. The average Bonchev–Trinajstić information content (AvgIpc) is 2.70. The van der Waals surface area contributed by atoms with Crippen molar-refractivity contribution in [3.05, 3.63) is 59.9 Å². The molecule has 1 fully saturated rings. The van der Waals surface area contributed by atoms with Crippen LogP contribution in [0.1, 0.15) is 5.56 Å². The van der Waals surface area contributed by atoms with Crippen LogP contribution >= 0.6 is 24.0 Å². The van der Waals surface area contributed by atoms with E-state index in [2.05, 4.69) is 20.1 Å². The number of benzene rings is 2. The second-order valence-electron chi connectivity index (χ2n) is 6.17. The summed E-state index contributed by atoms with van der Waals surface area (Å²) in [6, 6.07) is 14.9. The number of methoxy groups -OCH3 is 1. The maximum Gasteiger partial charge on any atom is 0.194 e. The molecule has 27 heavy (non-hydrogen) atoms. The maximum atomic E-state index is 14.0. The molecule has 1 aliphatic rings. The van der Waals surface area contributed by atoms with Gasteiger partial charge in [-0.1, -0.05) is 24.3 Å². The van der Waals surface area contributed by atoms with Gasteiger partial charge in [-0.05, 0) is 29.8 Å². The second-order valence-corrected chi connectivity index (χ2v) is 6.17. The van der Waals surface area contributed by atoms with Gasteiger partial charge in [0, 0.05) is 39.8 Å². The molecule has 1 saturated heterocycles. The third-order valence-electron chi connectivity index (χ3n) is 4.59. The zero-order valence-electron chi connectivity index (χ0n) is 15.7. The average molecular weight is 484 g/mol. The van der Waals surface area contributed by atoms with Crippen LogP contribution in [0.3, 0.4) is 0 Å². The summed E-state index contributed by atoms with van der Waals surface area (Å²) in [5, 5.41) is 3.40. The lowest BCUT2D eigenvalue weighted by molar-refractivity contribution is 0.370. The van der Waals surface area contributed by atoms with Crippen molar-refractivity contribution < 1.29 is 9.13 Å². The SMILES string of the molecule is CN=C(NCc1ccc(OC)cc1)N1CCN(c2ccccc2F)CC1.I. The first kappa shape index (κ1) is 21.3. The lowest BCUT2D eigenvalue weighted by Gasteiger charge is -2.37. The molecule has 1 N–H and O–H groups in total. The van der Waals surface area contributed by atoms with Crippen molar-refractivity contribution in [3.63, 3.8) is 0 Å². The molecule has 0 aliphatic carbocycles. The molecular formula is C20H26FIN4O. The highest BCUT2D eigenvalue weighted by atomic mass is 127. The number of halogens is 2. The number of nitrogens with one attached hydrogen (secondary N) is 1. The summed E-state index contributed by atoms with van der Waals surface area (Å²) in [6.45, 7) is 3.84. The summed E-state index contributed by atoms with van der Waals surface area (Å²) in [4.78, 5) is 8.69. The Morgan fingerprint density at radius 1 is 1.07 bits per heavy atom. The van der Waals surface area contributed by atoms with Crippen LogP contribution in [-0.4, -0.2) is 51.2 Å². The van der Waals surface area contributed by atoms with E-state index < -0.39 is 0 Å². The highest BCUT2D eigenvalue weighted by Gasteiger charge is 2.21. The minimum Gasteiger partial charge on any atom is -0.497 e. The first-order chi connectivity index (χ1) is 12.7. The number of rotatable bonds is 4. The van der Waals surface area contributed by atoms with E-state index in [1.807, 2.05) is 36.4 Å². The van der Waals surface area contributed by atoms with Gasteiger partial charge in [-0.2, -0.15) is 0 Å². The van der Waals surface area contributed by atoms with Crippen LogP contribution in [-0.2, 0) is 6.54 Å². The Labute approximate surface area is 177 Å². The molecule has 0 bridgehead atoms. The van der Waals surface area contributed by atoms with E-state index in [4.69, 9.17) is 4.74 Å². The van der Waals surface area contributed by atoms with E-state index in [1.54, 1.807) is 20.2 Å². The summed E-state index contributed by atoms with van der Waals surface area (Å²) in [7, 11) is 3.45. The van der Waals surface area contributed by atoms with Crippen LogP contribution in [0.25, 0.3) is 0 Å². The number of anilines is 1. The van der Waals surface area contributed by atoms with Gasteiger partial charge in [0.05, 0.1) is 12.8 Å². The standard InChI is InChI=1S/C20H25FN4O.HI/c1-22-20(23-15-16-7-9-17(26-2)10-8-16)25-13-11-24(12-14-25)19-6-4-3-5-18(19)21;/h3-10H,11-15H2,1-2H3,(H,22,23);1H. The molecule has 5 nitrogen and oxygen atoms in total. The molecule has 0 radical (unpaired) electrons. The monoisotopic (exact) mass is 484 g/mol. The van der Waals surface area contributed by atoms with Crippen molar-refractivity contribution in [2.75, 3.05) is 45.2 Å². The lowest BCUT2D eigenvalue weighted by Crippen LogP contribution is -2.52. The Hall–Kier alpha value is -2.03. The molecule has 0 amide bonds. The van der Waals surface area contributed by atoms with Gasteiger partial charge < -0.3 is 19.9 Å². The normalized spacial score (nSPS) is 14.6. The zero-order valence-corrected chi connectivity index (χ0v) is 18.0. The Kier molecular flexibility index (Phi) is 8.15. The number of guanidine groups is 1. The third kappa shape index (κ3) is 5.47. The summed E-state index contributed by atoms with van der Waals surface area (Å²) in [6.07, 6.45) is 0. The molecule has 1 aliphatic heterocycles. The highest BCUT2D eigenvalue weighted by molar-refractivity contribution is 14.0. The molecule has 0 saturated carbocycles. The summed E-state index contributed by atoms with van der Waals surface area (Å²) in [5.41, 5.74) is 1.84. The smallest absolute Gasteiger partial charge is 0.194 e. The Morgan fingerprint density at radius 3 is 2.33 bits per heavy atom. The largest absolute Gasteiger partial charge is 0.497 e. The van der Waals surface area contributed by atoms with Crippen molar-refractivity contribution in [1.29, 1.82) is 0 Å². The van der Waals surface area contributed by atoms with E-state index in [1.165, 1.54) is 6.07 Å². The van der Waals surface area contributed by atoms with Gasteiger partial charge in [-0.25, -0.2) is 4.39 Å². The van der Waals surface area contributed by atoms with Crippen LogP contribution in [0.15, 0.2) is 53.5 Å². The molecule has 0 unspecified atom stereocenters. The van der Waals surface area contributed by atoms with Crippen molar-refractivity contribution in [1.82, 2.24) is 10.2 Å². The van der Waals surface area contributed by atoms with E-state index in [0.717, 1.165) is 43.5 Å². The van der Waals surface area contributed by atoms with E-state index >= 15 is 0 Å². The van der Waals surface area contributed by atoms with E-state index in [9.17, 15) is 4.39 Å². The number of piperazine rings is 1. The van der Waals surface area contributed by atoms with Crippen molar-refractivity contribution in [2.24, 2.45) is 4.99 Å². The van der Waals surface area contributed by atoms with Gasteiger partial charge in [0.25, 0.3) is 0 Å². The molecule has 7 heteroatoms. The predicted molar refractivity (Wildman–Crippen MR) is 119 cm³/mol. The second kappa shape index (κ2) is 10.3. The molecule has 0 spiro atoms. The fourth-order valence-corrected chi connectivity index (χ4v) is 3.12. The topological polar surface area (TPSA) is 40.1 Å². The number of nitrogens with zero attached hydrogens (tertiary/aromatic N) is 3. The van der Waals surface area contributed by atoms with E-state index in [-0.39, 0.29) is 29.8 Å². The summed E-state index contributed by atoms with van der Waals surface area (Å²) < 4.78 is 19.1. The Balaban J connectivity index is 0.00000261. The van der Waals surface area contributed by atoms with Gasteiger partial charge in [0.15, 0.2) is 5.96 Å². The molecule has 3 rings (SSSR count). The Bertz CT molecular complexity index is 746. The Morgan fingerprint density at radius 2 is 1.74 bits per heavy atom. The number of para-hydroxylation sites is 1. The van der Waals surface area contributed by atoms with Gasteiger partial charge in [0.2, 0.25) is 0 Å². The minimum absolute atomic E-state index is 0. The van der Waals surface area contributed by atoms with Crippen LogP contribution in [0.2, 0.25) is 0 Å². The summed E-state index contributed by atoms with van der Waals surface area (Å²) in [5.74, 6) is 1.55. The number of hydrogen-bond acceptors (Lipinski definition) is 3. The maximum absolute atomic E-state index is 14.0. The fourth-order valence-electron chi connectivity index (χ4n) is 3.12. The van der Waals surface area contributed by atoms with Gasteiger partial charge in [-0.3, -0.25) is 4.99 Å². The number of ether oxygens (including phenoxy) is 1. The molecule has 146 valence electrons. The van der Waals surface area contributed by atoms with Crippen LogP contribution < -0.4 is 15.0 Å². The zero-order chi connectivity index (χ0) is 18.4. The van der Waals surface area contributed by atoms with Crippen molar-refractivity contribution >= 4 is 35.6 Å². The lowest BCUT2D eigenvalue weighted by atomic mass is 10.2. The summed E-state index contributed by atoms with van der Waals surface area (Å²) >= 11 is 0. The quantitative estimate of drug-likeness (QED) is 0.411. The van der Waals surface area contributed by atoms with Crippen molar-refractivity contribution in [3.8, 4) is 5.75 Å². The van der Waals surface area contributed by atoms with Crippen LogP contribution in [0, 0.1) is 5.82 Å². The van der Waals surface area contributed by atoms with Gasteiger partial charge >= 0.3 is 0 Å². The minimum atomic E-state index is -0.164.